The highest BCUT2D eigenvalue weighted by Gasteiger charge is 2.44. The fraction of sp³-hybridized carbons (Fsp3) is 0.960. The Labute approximate surface area is 199 Å². The minimum Gasteiger partial charge on any atom is -0.459 e. The third kappa shape index (κ3) is 7.87. The molecule has 194 valence electrons. The molecule has 0 aromatic heterocycles. The topological polar surface area (TPSA) is 109 Å². The molecule has 0 aliphatic carbocycles. The lowest BCUT2D eigenvalue weighted by atomic mass is 9.91. The van der Waals surface area contributed by atoms with Crippen molar-refractivity contribution in [2.45, 2.75) is 123 Å². The highest BCUT2D eigenvalue weighted by Crippen LogP contribution is 2.31. The van der Waals surface area contributed by atoms with Crippen molar-refractivity contribution >= 4 is 5.97 Å². The van der Waals surface area contributed by atoms with Crippen LogP contribution in [0, 0.1) is 17.8 Å². The average Bonchev–Trinajstić information content (AvgIpc) is 2.71. The molecule has 2 rings (SSSR count). The van der Waals surface area contributed by atoms with Crippen LogP contribution in [-0.2, 0) is 19.0 Å². The summed E-state index contributed by atoms with van der Waals surface area (Å²) < 4.78 is 18.0. The first-order chi connectivity index (χ1) is 15.3. The van der Waals surface area contributed by atoms with Gasteiger partial charge in [0.25, 0.3) is 0 Å². The maximum Gasteiger partial charge on any atom is 0.311 e. The Morgan fingerprint density at radius 1 is 1.09 bits per heavy atom. The molecule has 0 aromatic carbocycles. The molecule has 5 unspecified atom stereocenters. The van der Waals surface area contributed by atoms with Crippen LogP contribution < -0.4 is 0 Å². The highest BCUT2D eigenvalue weighted by molar-refractivity contribution is 5.73. The van der Waals surface area contributed by atoms with Crippen LogP contribution in [0.3, 0.4) is 0 Å². The van der Waals surface area contributed by atoms with Gasteiger partial charge in [-0.1, -0.05) is 20.8 Å². The van der Waals surface area contributed by atoms with Gasteiger partial charge in [0, 0.05) is 13.0 Å². The van der Waals surface area contributed by atoms with Crippen LogP contribution >= 0.6 is 0 Å². The monoisotopic (exact) mass is 473 g/mol. The van der Waals surface area contributed by atoms with Gasteiger partial charge in [0.15, 0.2) is 6.29 Å². The van der Waals surface area contributed by atoms with Gasteiger partial charge in [0.2, 0.25) is 0 Å². The van der Waals surface area contributed by atoms with E-state index in [0.717, 1.165) is 12.8 Å². The number of carbonyl (C=O) groups is 1. The molecule has 0 saturated carbocycles. The minimum atomic E-state index is -1.66. The summed E-state index contributed by atoms with van der Waals surface area (Å²) in [5.74, 6) is -0.544. The standard InChI is InChI=1S/C25H47NO7/c1-8-21-25(6,30)24(29)26(7)14-16(3)12-19(27)9-10-20(18(5)23(28)33-21)32-22-13-15(2)11-17(4)31-22/h15-22,24,27,29-30H,8-14H2,1-7H3/t15?,16-,17?,18?,19?,20+,21-,22+,24?,25-/m1/s1. The van der Waals surface area contributed by atoms with E-state index in [4.69, 9.17) is 14.2 Å². The van der Waals surface area contributed by atoms with Crippen molar-refractivity contribution in [3.8, 4) is 0 Å². The third-order valence-corrected chi connectivity index (χ3v) is 7.25. The summed E-state index contributed by atoms with van der Waals surface area (Å²) in [4.78, 5) is 14.8. The molecular weight excluding hydrogens is 426 g/mol. The summed E-state index contributed by atoms with van der Waals surface area (Å²) in [5.41, 5.74) is -1.66. The van der Waals surface area contributed by atoms with Gasteiger partial charge in [-0.2, -0.15) is 0 Å². The summed E-state index contributed by atoms with van der Waals surface area (Å²) >= 11 is 0. The second-order valence-electron chi connectivity index (χ2n) is 10.9. The quantitative estimate of drug-likeness (QED) is 0.537. The molecule has 8 heteroatoms. The van der Waals surface area contributed by atoms with E-state index in [1.807, 2.05) is 20.8 Å². The van der Waals surface area contributed by atoms with Crippen molar-refractivity contribution in [3.63, 3.8) is 0 Å². The lowest BCUT2D eigenvalue weighted by Crippen LogP contribution is -2.58. The fourth-order valence-corrected chi connectivity index (χ4v) is 5.31. The van der Waals surface area contributed by atoms with Gasteiger partial charge in [-0.05, 0) is 71.8 Å². The zero-order chi connectivity index (χ0) is 24.9. The molecule has 2 saturated heterocycles. The van der Waals surface area contributed by atoms with E-state index in [-0.39, 0.29) is 12.0 Å². The van der Waals surface area contributed by atoms with Gasteiger partial charge < -0.3 is 29.5 Å². The van der Waals surface area contributed by atoms with E-state index in [1.165, 1.54) is 6.92 Å². The smallest absolute Gasteiger partial charge is 0.311 e. The van der Waals surface area contributed by atoms with Crippen LogP contribution in [0.4, 0.5) is 0 Å². The molecule has 2 aliphatic rings. The molecule has 3 N–H and O–H groups in total. The van der Waals surface area contributed by atoms with E-state index in [2.05, 4.69) is 6.92 Å². The van der Waals surface area contributed by atoms with E-state index in [1.54, 1.807) is 18.9 Å². The molecule has 0 aromatic rings. The van der Waals surface area contributed by atoms with Crippen LogP contribution in [0.25, 0.3) is 0 Å². The van der Waals surface area contributed by atoms with Crippen molar-refractivity contribution in [3.05, 3.63) is 0 Å². The molecule has 0 spiro atoms. The average molecular weight is 474 g/mol. The Balaban J connectivity index is 2.26. The minimum absolute atomic E-state index is 0.0870. The zero-order valence-corrected chi connectivity index (χ0v) is 21.6. The van der Waals surface area contributed by atoms with Gasteiger partial charge in [-0.15, -0.1) is 0 Å². The van der Waals surface area contributed by atoms with Crippen LogP contribution in [0.15, 0.2) is 0 Å². The fourth-order valence-electron chi connectivity index (χ4n) is 5.31. The van der Waals surface area contributed by atoms with Gasteiger partial charge in [0.1, 0.15) is 17.9 Å². The van der Waals surface area contributed by atoms with E-state index < -0.39 is 48.3 Å². The van der Waals surface area contributed by atoms with Crippen molar-refractivity contribution in [1.29, 1.82) is 0 Å². The first kappa shape index (κ1) is 28.5. The number of hydrogen-bond acceptors (Lipinski definition) is 8. The molecule has 2 aliphatic heterocycles. The number of ether oxygens (including phenoxy) is 3. The highest BCUT2D eigenvalue weighted by atomic mass is 16.7. The molecule has 0 bridgehead atoms. The van der Waals surface area contributed by atoms with Gasteiger partial charge >= 0.3 is 5.97 Å². The van der Waals surface area contributed by atoms with Crippen LogP contribution in [0.5, 0.6) is 0 Å². The number of cyclic esters (lactones) is 1. The van der Waals surface area contributed by atoms with Crippen molar-refractivity contribution in [2.24, 2.45) is 17.8 Å². The SMILES string of the molecule is CC[C@H]1OC(=O)C(C)[C@@H](O[C@H]2CC(C)CC(C)O2)CCC(O)C[C@@H](C)CN(C)C(O)[C@]1(C)O. The lowest BCUT2D eigenvalue weighted by molar-refractivity contribution is -0.235. The van der Waals surface area contributed by atoms with Gasteiger partial charge in [0.05, 0.1) is 24.2 Å². The summed E-state index contributed by atoms with van der Waals surface area (Å²) in [6.45, 7) is 11.8. The number of aliphatic hydroxyl groups is 3. The summed E-state index contributed by atoms with van der Waals surface area (Å²) in [6.07, 6.45) is 0.176. The maximum atomic E-state index is 13.1. The normalized spacial score (nSPS) is 45.3. The Bertz CT molecular complexity index is 606. The zero-order valence-electron chi connectivity index (χ0n) is 21.6. The first-order valence-electron chi connectivity index (χ1n) is 12.6. The Kier molecular flexibility index (Phi) is 10.6. The Morgan fingerprint density at radius 2 is 1.76 bits per heavy atom. The number of esters is 1. The maximum absolute atomic E-state index is 13.1. The first-order valence-corrected chi connectivity index (χ1v) is 12.6. The number of hydrogen-bond donors (Lipinski definition) is 3. The van der Waals surface area contributed by atoms with Gasteiger partial charge in [-0.25, -0.2) is 0 Å². The van der Waals surface area contributed by atoms with Crippen LogP contribution in [0.1, 0.15) is 80.1 Å². The predicted molar refractivity (Wildman–Crippen MR) is 125 cm³/mol. The van der Waals surface area contributed by atoms with Gasteiger partial charge in [-0.3, -0.25) is 9.69 Å². The van der Waals surface area contributed by atoms with Crippen molar-refractivity contribution in [1.82, 2.24) is 4.90 Å². The molecule has 10 atom stereocenters. The molecule has 33 heavy (non-hydrogen) atoms. The predicted octanol–water partition coefficient (Wildman–Crippen LogP) is 2.67. The lowest BCUT2D eigenvalue weighted by Gasteiger charge is -2.41. The second kappa shape index (κ2) is 12.3. The molecule has 2 fully saturated rings. The number of aliphatic hydroxyl groups excluding tert-OH is 2. The summed E-state index contributed by atoms with van der Waals surface area (Å²) in [5, 5.41) is 32.6. The van der Waals surface area contributed by atoms with E-state index in [9.17, 15) is 20.1 Å². The largest absolute Gasteiger partial charge is 0.459 e. The summed E-state index contributed by atoms with van der Waals surface area (Å²) in [6, 6.07) is 0. The van der Waals surface area contributed by atoms with Crippen LogP contribution in [0.2, 0.25) is 0 Å². The number of likely N-dealkylation sites (N-methyl/N-ethyl adjacent to an activating group) is 1. The molecule has 0 radical (unpaired) electrons. The molecule has 8 nitrogen and oxygen atoms in total. The van der Waals surface area contributed by atoms with Crippen molar-refractivity contribution < 1.29 is 34.3 Å². The Hall–Kier alpha value is -0.770. The molecular formula is C25H47NO7. The number of nitrogens with zero attached hydrogens (tertiary/aromatic N) is 1. The van der Waals surface area contributed by atoms with E-state index in [0.29, 0.717) is 38.1 Å². The van der Waals surface area contributed by atoms with Crippen molar-refractivity contribution in [2.75, 3.05) is 13.6 Å². The van der Waals surface area contributed by atoms with E-state index >= 15 is 0 Å². The second-order valence-corrected chi connectivity index (χ2v) is 10.9. The van der Waals surface area contributed by atoms with Crippen LogP contribution in [-0.4, -0.2) is 82.3 Å². The third-order valence-electron chi connectivity index (χ3n) is 7.25. The number of rotatable bonds is 3. The summed E-state index contributed by atoms with van der Waals surface area (Å²) in [7, 11) is 1.72. The number of carbonyl (C=O) groups excluding carboxylic acids is 1. The molecule has 0 amide bonds. The Morgan fingerprint density at radius 3 is 2.36 bits per heavy atom. The molecule has 2 heterocycles.